The molecule has 2 unspecified atom stereocenters. The third-order valence-corrected chi connectivity index (χ3v) is 11.3. The Bertz CT molecular complexity index is 1600. The van der Waals surface area contributed by atoms with Crippen LogP contribution < -0.4 is 0 Å². The summed E-state index contributed by atoms with van der Waals surface area (Å²) in [5.41, 5.74) is 2.15. The van der Waals surface area contributed by atoms with Crippen molar-refractivity contribution >= 4 is 67.3 Å². The molecule has 2 aromatic heterocycles. The summed E-state index contributed by atoms with van der Waals surface area (Å²) in [6.07, 6.45) is 5.13. The van der Waals surface area contributed by atoms with E-state index in [4.69, 9.17) is 19.1 Å². The molecule has 0 bridgehead atoms. The van der Waals surface area contributed by atoms with Crippen LogP contribution in [0.1, 0.15) is 21.6 Å². The molecule has 0 saturated carbocycles. The van der Waals surface area contributed by atoms with Gasteiger partial charge in [-0.25, -0.2) is 19.6 Å². The van der Waals surface area contributed by atoms with E-state index >= 15 is 0 Å². The van der Waals surface area contributed by atoms with E-state index in [1.165, 1.54) is 0 Å². The van der Waals surface area contributed by atoms with E-state index in [1.54, 1.807) is 46.0 Å². The van der Waals surface area contributed by atoms with Gasteiger partial charge >= 0.3 is 11.9 Å². The first kappa shape index (κ1) is 36.7. The largest absolute Gasteiger partial charge is 0.374 e. The molecule has 0 spiro atoms. The van der Waals surface area contributed by atoms with E-state index in [2.05, 4.69) is 66.1 Å². The van der Waals surface area contributed by atoms with Gasteiger partial charge in [0.05, 0.1) is 72.2 Å². The van der Waals surface area contributed by atoms with E-state index in [-0.39, 0.29) is 22.7 Å². The predicted molar refractivity (Wildman–Crippen MR) is 198 cm³/mol. The molecule has 2 aliphatic heterocycles. The van der Waals surface area contributed by atoms with E-state index in [1.807, 2.05) is 60.7 Å². The predicted octanol–water partition coefficient (Wildman–Crippen LogP) is 7.24. The number of carbonyl (C=O) groups is 2. The number of thioether (sulfide) groups is 2. The standard InChI is InChI=1S/C36H34Br2N4O6S2/c37-27-11-13-31(39-21-27)49-35(25-7-3-1-4-8-25)29-23-41(17-19-45-29)47-33(43)15-16-34(44)48-42-18-20-46-30(24-42)36(26-9-5-2-6-10-26)50-32-14-12-28(38)22-40-32/h1-16,21-22,29-30,35-36H,17-20,23-24H2/b16-15+/t29-,30-,35?,36?/m0/s1. The molecule has 4 atom stereocenters. The summed E-state index contributed by atoms with van der Waals surface area (Å²) in [6, 6.07) is 27.9. The quantitative estimate of drug-likeness (QED) is 0.106. The van der Waals surface area contributed by atoms with Gasteiger partial charge in [-0.2, -0.15) is 0 Å². The van der Waals surface area contributed by atoms with E-state index in [0.29, 0.717) is 39.4 Å². The third-order valence-electron chi connectivity index (χ3n) is 7.73. The van der Waals surface area contributed by atoms with Crippen molar-refractivity contribution in [3.8, 4) is 0 Å². The summed E-state index contributed by atoms with van der Waals surface area (Å²) in [4.78, 5) is 45.9. The molecule has 0 N–H and O–H groups in total. The lowest BCUT2D eigenvalue weighted by Gasteiger charge is -2.35. The molecule has 2 fully saturated rings. The Morgan fingerprint density at radius 1 is 0.680 bits per heavy atom. The third kappa shape index (κ3) is 10.7. The smallest absolute Gasteiger partial charge is 0.349 e. The number of halogens is 2. The number of hydroxylamine groups is 4. The lowest BCUT2D eigenvalue weighted by molar-refractivity contribution is -0.212. The van der Waals surface area contributed by atoms with Crippen LogP contribution >= 0.6 is 55.4 Å². The molecule has 2 aliphatic rings. The Hall–Kier alpha value is -3.08. The van der Waals surface area contributed by atoms with Crippen molar-refractivity contribution in [3.05, 3.63) is 130 Å². The van der Waals surface area contributed by atoms with E-state index < -0.39 is 11.9 Å². The zero-order valence-electron chi connectivity index (χ0n) is 26.8. The number of morpholine rings is 2. The fourth-order valence-corrected chi connectivity index (χ4v) is 8.14. The second-order valence-electron chi connectivity index (χ2n) is 11.3. The molecule has 10 nitrogen and oxygen atoms in total. The number of pyridine rings is 2. The number of rotatable bonds is 12. The average Bonchev–Trinajstić information content (AvgIpc) is 3.14. The molecule has 0 amide bonds. The van der Waals surface area contributed by atoms with Crippen LogP contribution in [0.15, 0.2) is 128 Å². The number of carbonyl (C=O) groups excluding carboxylic acids is 2. The molecule has 50 heavy (non-hydrogen) atoms. The van der Waals surface area contributed by atoms with Gasteiger partial charge in [-0.3, -0.25) is 0 Å². The molecule has 6 rings (SSSR count). The van der Waals surface area contributed by atoms with Crippen molar-refractivity contribution < 1.29 is 28.7 Å². The van der Waals surface area contributed by atoms with Crippen LogP contribution in [0.4, 0.5) is 0 Å². The Kier molecular flexibility index (Phi) is 13.5. The van der Waals surface area contributed by atoms with Crippen LogP contribution in [0, 0.1) is 0 Å². The van der Waals surface area contributed by atoms with Gasteiger partial charge in [0, 0.05) is 33.5 Å². The number of hydrogen-bond donors (Lipinski definition) is 0. The maximum atomic E-state index is 12.8. The summed E-state index contributed by atoms with van der Waals surface area (Å²) in [6.45, 7) is 2.24. The topological polar surface area (TPSA) is 103 Å². The molecule has 0 radical (unpaired) electrons. The van der Waals surface area contributed by atoms with Crippen molar-refractivity contribution in [2.24, 2.45) is 0 Å². The van der Waals surface area contributed by atoms with Crippen LogP contribution in [0.3, 0.4) is 0 Å². The average molecular weight is 843 g/mol. The molecular weight excluding hydrogens is 808 g/mol. The minimum Gasteiger partial charge on any atom is -0.374 e. The highest BCUT2D eigenvalue weighted by atomic mass is 79.9. The normalized spacial score (nSPS) is 19.9. The SMILES string of the molecule is O=C(/C=C/C(=O)ON1CCO[C@H](C(Sc2ccc(Br)cn2)c2ccccc2)C1)ON1CCO[C@H](C(Sc2ccc(Br)cn2)c2ccccc2)C1. The Morgan fingerprint density at radius 3 is 1.48 bits per heavy atom. The maximum Gasteiger partial charge on any atom is 0.349 e. The zero-order chi connectivity index (χ0) is 34.7. The summed E-state index contributed by atoms with van der Waals surface area (Å²) >= 11 is 10.1. The second kappa shape index (κ2) is 18.4. The highest BCUT2D eigenvalue weighted by Gasteiger charge is 2.33. The molecule has 2 aromatic carbocycles. The molecular formula is C36H34Br2N4O6S2. The lowest BCUT2D eigenvalue weighted by Crippen LogP contribution is -2.45. The number of aromatic nitrogens is 2. The van der Waals surface area contributed by atoms with Gasteiger partial charge < -0.3 is 19.1 Å². The number of nitrogens with zero attached hydrogens (tertiary/aromatic N) is 4. The van der Waals surface area contributed by atoms with Crippen LogP contribution in [0.25, 0.3) is 0 Å². The van der Waals surface area contributed by atoms with Crippen molar-refractivity contribution in [2.75, 3.05) is 39.4 Å². The fourth-order valence-electron chi connectivity index (χ4n) is 5.41. The number of hydrogen-bond acceptors (Lipinski definition) is 12. The molecule has 0 aliphatic carbocycles. The summed E-state index contributed by atoms with van der Waals surface area (Å²) < 4.78 is 14.1. The van der Waals surface area contributed by atoms with Gasteiger partial charge in [0.25, 0.3) is 0 Å². The van der Waals surface area contributed by atoms with Gasteiger partial charge in [0.1, 0.15) is 0 Å². The van der Waals surface area contributed by atoms with Crippen molar-refractivity contribution in [1.29, 1.82) is 0 Å². The van der Waals surface area contributed by atoms with Gasteiger partial charge in [0.2, 0.25) is 0 Å². The van der Waals surface area contributed by atoms with Gasteiger partial charge in [-0.1, -0.05) is 84.2 Å². The zero-order valence-corrected chi connectivity index (χ0v) is 31.6. The molecule has 4 aromatic rings. The summed E-state index contributed by atoms with van der Waals surface area (Å²) in [5.74, 6) is -1.35. The minimum atomic E-state index is -0.677. The molecule has 260 valence electrons. The highest BCUT2D eigenvalue weighted by molar-refractivity contribution is 9.10. The van der Waals surface area contributed by atoms with Crippen LogP contribution in [-0.4, -0.2) is 83.6 Å². The van der Waals surface area contributed by atoms with Crippen LogP contribution in [0.2, 0.25) is 0 Å². The number of benzene rings is 2. The Labute approximate surface area is 316 Å². The van der Waals surface area contributed by atoms with Gasteiger partial charge in [0.15, 0.2) is 0 Å². The second-order valence-corrected chi connectivity index (χ2v) is 15.4. The Balaban J connectivity index is 1.03. The molecule has 4 heterocycles. The monoisotopic (exact) mass is 840 g/mol. The molecule has 14 heteroatoms. The van der Waals surface area contributed by atoms with E-state index in [0.717, 1.165) is 42.3 Å². The van der Waals surface area contributed by atoms with Crippen molar-refractivity contribution in [1.82, 2.24) is 20.1 Å². The van der Waals surface area contributed by atoms with Crippen molar-refractivity contribution in [3.63, 3.8) is 0 Å². The van der Waals surface area contributed by atoms with E-state index in [9.17, 15) is 9.59 Å². The minimum absolute atomic E-state index is 0.0970. The number of ether oxygens (including phenoxy) is 2. The van der Waals surface area contributed by atoms with Gasteiger partial charge in [-0.15, -0.1) is 10.1 Å². The lowest BCUT2D eigenvalue weighted by atomic mass is 10.1. The maximum absolute atomic E-state index is 12.8. The van der Waals surface area contributed by atoms with Crippen LogP contribution in [-0.2, 0) is 28.7 Å². The summed E-state index contributed by atoms with van der Waals surface area (Å²) in [5, 5.41) is 4.66. The van der Waals surface area contributed by atoms with Crippen molar-refractivity contribution in [2.45, 2.75) is 32.8 Å². The van der Waals surface area contributed by atoms with Crippen LogP contribution in [0.5, 0.6) is 0 Å². The molecule has 2 saturated heterocycles. The first-order valence-electron chi connectivity index (χ1n) is 15.9. The fraction of sp³-hybridized carbons (Fsp3) is 0.278. The van der Waals surface area contributed by atoms with Gasteiger partial charge in [-0.05, 0) is 67.3 Å². The Morgan fingerprint density at radius 2 is 1.10 bits per heavy atom. The highest BCUT2D eigenvalue weighted by Crippen LogP contribution is 2.41. The first-order valence-corrected chi connectivity index (χ1v) is 19.3. The first-order chi connectivity index (χ1) is 24.4. The summed E-state index contributed by atoms with van der Waals surface area (Å²) in [7, 11) is 0.